The summed E-state index contributed by atoms with van der Waals surface area (Å²) in [7, 11) is 0. The molecular formula is C13H19BrN2S. The number of hydrogen-bond acceptors (Lipinski definition) is 2. The van der Waals surface area contributed by atoms with E-state index >= 15 is 0 Å². The van der Waals surface area contributed by atoms with Gasteiger partial charge < -0.3 is 11.1 Å². The van der Waals surface area contributed by atoms with Crippen LogP contribution in [0.5, 0.6) is 0 Å². The van der Waals surface area contributed by atoms with Crippen LogP contribution < -0.4 is 11.1 Å². The molecule has 0 aliphatic carbocycles. The average molecular weight is 315 g/mol. The molecule has 0 amide bonds. The van der Waals surface area contributed by atoms with Crippen molar-refractivity contribution in [2.45, 2.75) is 20.8 Å². The van der Waals surface area contributed by atoms with Gasteiger partial charge >= 0.3 is 0 Å². The smallest absolute Gasteiger partial charge is 0.105 e. The van der Waals surface area contributed by atoms with Crippen molar-refractivity contribution in [3.05, 3.63) is 28.2 Å². The maximum Gasteiger partial charge on any atom is 0.105 e. The van der Waals surface area contributed by atoms with Gasteiger partial charge in [0.15, 0.2) is 0 Å². The van der Waals surface area contributed by atoms with Crippen LogP contribution in [0, 0.1) is 11.8 Å². The maximum absolute atomic E-state index is 5.61. The molecule has 0 saturated heterocycles. The molecule has 1 aromatic carbocycles. The van der Waals surface area contributed by atoms with Crippen molar-refractivity contribution < 1.29 is 0 Å². The van der Waals surface area contributed by atoms with Gasteiger partial charge in [0, 0.05) is 22.3 Å². The van der Waals surface area contributed by atoms with E-state index in [4.69, 9.17) is 18.0 Å². The van der Waals surface area contributed by atoms with E-state index in [2.05, 4.69) is 42.0 Å². The molecule has 1 unspecified atom stereocenters. The lowest BCUT2D eigenvalue weighted by molar-refractivity contribution is 0.440. The Bertz CT molecular complexity index is 404. The van der Waals surface area contributed by atoms with Gasteiger partial charge in [-0.05, 0) is 46.0 Å². The van der Waals surface area contributed by atoms with Gasteiger partial charge in [-0.15, -0.1) is 0 Å². The monoisotopic (exact) mass is 314 g/mol. The standard InChI is InChI=1S/C13H19BrN2S/c1-8(2)9(3)7-16-10-4-5-11(13(15)17)12(14)6-10/h4-6,8-9,16H,7H2,1-3H3,(H2,15,17). The highest BCUT2D eigenvalue weighted by Gasteiger charge is 2.08. The molecular weight excluding hydrogens is 296 g/mol. The number of benzene rings is 1. The molecule has 0 aromatic heterocycles. The maximum atomic E-state index is 5.61. The minimum absolute atomic E-state index is 0.416. The van der Waals surface area contributed by atoms with Crippen molar-refractivity contribution in [3.8, 4) is 0 Å². The summed E-state index contributed by atoms with van der Waals surface area (Å²) in [5.74, 6) is 1.32. The molecule has 1 rings (SSSR count). The van der Waals surface area contributed by atoms with E-state index in [1.807, 2.05) is 18.2 Å². The van der Waals surface area contributed by atoms with Gasteiger partial charge in [0.05, 0.1) is 0 Å². The van der Waals surface area contributed by atoms with Crippen LogP contribution in [-0.4, -0.2) is 11.5 Å². The molecule has 0 bridgehead atoms. The molecule has 2 nitrogen and oxygen atoms in total. The largest absolute Gasteiger partial charge is 0.389 e. The Morgan fingerprint density at radius 2 is 2.06 bits per heavy atom. The normalized spacial score (nSPS) is 12.5. The predicted molar refractivity (Wildman–Crippen MR) is 82.5 cm³/mol. The van der Waals surface area contributed by atoms with Crippen molar-refractivity contribution in [2.75, 3.05) is 11.9 Å². The second-order valence-electron chi connectivity index (χ2n) is 4.66. The summed E-state index contributed by atoms with van der Waals surface area (Å²) in [6.07, 6.45) is 0. The Morgan fingerprint density at radius 1 is 1.41 bits per heavy atom. The van der Waals surface area contributed by atoms with E-state index in [1.54, 1.807) is 0 Å². The van der Waals surface area contributed by atoms with E-state index in [1.165, 1.54) is 0 Å². The summed E-state index contributed by atoms with van der Waals surface area (Å²) in [6.45, 7) is 7.68. The molecule has 0 spiro atoms. The number of hydrogen-bond donors (Lipinski definition) is 2. The number of rotatable bonds is 5. The second-order valence-corrected chi connectivity index (χ2v) is 5.96. The molecule has 1 atom stereocenters. The van der Waals surface area contributed by atoms with Gasteiger partial charge in [-0.2, -0.15) is 0 Å². The van der Waals surface area contributed by atoms with E-state index < -0.39 is 0 Å². The topological polar surface area (TPSA) is 38.0 Å². The molecule has 17 heavy (non-hydrogen) atoms. The lowest BCUT2D eigenvalue weighted by Crippen LogP contribution is -2.16. The first-order chi connectivity index (χ1) is 7.91. The number of nitrogens with one attached hydrogen (secondary N) is 1. The van der Waals surface area contributed by atoms with E-state index in [-0.39, 0.29) is 0 Å². The van der Waals surface area contributed by atoms with Crippen LogP contribution in [0.2, 0.25) is 0 Å². The fourth-order valence-corrected chi connectivity index (χ4v) is 2.24. The lowest BCUT2D eigenvalue weighted by Gasteiger charge is -2.17. The number of nitrogens with two attached hydrogens (primary N) is 1. The third-order valence-corrected chi connectivity index (χ3v) is 3.88. The van der Waals surface area contributed by atoms with Crippen LogP contribution in [0.15, 0.2) is 22.7 Å². The van der Waals surface area contributed by atoms with Crippen LogP contribution in [0.3, 0.4) is 0 Å². The lowest BCUT2D eigenvalue weighted by atomic mass is 9.98. The Morgan fingerprint density at radius 3 is 2.53 bits per heavy atom. The Labute approximate surface area is 117 Å². The van der Waals surface area contributed by atoms with E-state index in [0.29, 0.717) is 16.8 Å². The van der Waals surface area contributed by atoms with Crippen molar-refractivity contribution in [1.29, 1.82) is 0 Å². The molecule has 0 aliphatic rings. The minimum atomic E-state index is 0.416. The fraction of sp³-hybridized carbons (Fsp3) is 0.462. The Hall–Kier alpha value is -0.610. The third kappa shape index (κ3) is 4.28. The van der Waals surface area contributed by atoms with E-state index in [0.717, 1.165) is 22.3 Å². The van der Waals surface area contributed by atoms with Crippen LogP contribution in [0.25, 0.3) is 0 Å². The summed E-state index contributed by atoms with van der Waals surface area (Å²) in [6, 6.07) is 5.96. The first-order valence-electron chi connectivity index (χ1n) is 5.75. The Kier molecular flexibility index (Phi) is 5.40. The third-order valence-electron chi connectivity index (χ3n) is 3.00. The fourth-order valence-electron chi connectivity index (χ4n) is 1.34. The van der Waals surface area contributed by atoms with Crippen molar-refractivity contribution in [3.63, 3.8) is 0 Å². The quantitative estimate of drug-likeness (QED) is 0.812. The zero-order valence-corrected chi connectivity index (χ0v) is 12.9. The zero-order chi connectivity index (χ0) is 13.0. The molecule has 0 saturated carbocycles. The molecule has 1 aromatic rings. The first kappa shape index (κ1) is 14.5. The molecule has 3 N–H and O–H groups in total. The van der Waals surface area contributed by atoms with Crippen molar-refractivity contribution in [1.82, 2.24) is 0 Å². The number of thiocarbonyl (C=S) groups is 1. The molecule has 0 heterocycles. The van der Waals surface area contributed by atoms with E-state index in [9.17, 15) is 0 Å². The highest BCUT2D eigenvalue weighted by Crippen LogP contribution is 2.22. The van der Waals surface area contributed by atoms with Crippen LogP contribution in [0.1, 0.15) is 26.3 Å². The average Bonchev–Trinajstić information content (AvgIpc) is 2.25. The van der Waals surface area contributed by atoms with Crippen LogP contribution in [0.4, 0.5) is 5.69 Å². The van der Waals surface area contributed by atoms with Gasteiger partial charge in [-0.3, -0.25) is 0 Å². The van der Waals surface area contributed by atoms with Gasteiger partial charge in [-0.1, -0.05) is 33.0 Å². The summed E-state index contributed by atoms with van der Waals surface area (Å²) < 4.78 is 0.937. The SMILES string of the molecule is CC(C)C(C)CNc1ccc(C(N)=S)c(Br)c1. The van der Waals surface area contributed by atoms with Gasteiger partial charge in [0.2, 0.25) is 0 Å². The molecule has 0 aliphatic heterocycles. The summed E-state index contributed by atoms with van der Waals surface area (Å²) >= 11 is 8.44. The van der Waals surface area contributed by atoms with Gasteiger partial charge in [-0.25, -0.2) is 0 Å². The summed E-state index contributed by atoms with van der Waals surface area (Å²) in [5, 5.41) is 3.42. The van der Waals surface area contributed by atoms with Crippen LogP contribution >= 0.6 is 28.1 Å². The number of halogens is 1. The second kappa shape index (κ2) is 6.36. The summed E-state index contributed by atoms with van der Waals surface area (Å²) in [5.41, 5.74) is 7.57. The summed E-state index contributed by atoms with van der Waals surface area (Å²) in [4.78, 5) is 0.416. The predicted octanol–water partition coefficient (Wildman–Crippen LogP) is 3.79. The van der Waals surface area contributed by atoms with Crippen molar-refractivity contribution in [2.24, 2.45) is 17.6 Å². The molecule has 0 radical (unpaired) electrons. The molecule has 0 fully saturated rings. The van der Waals surface area contributed by atoms with Crippen LogP contribution in [-0.2, 0) is 0 Å². The van der Waals surface area contributed by atoms with Gasteiger partial charge in [0.1, 0.15) is 4.99 Å². The Balaban J connectivity index is 2.68. The number of anilines is 1. The highest BCUT2D eigenvalue weighted by molar-refractivity contribution is 9.10. The first-order valence-corrected chi connectivity index (χ1v) is 6.95. The molecule has 4 heteroatoms. The minimum Gasteiger partial charge on any atom is -0.389 e. The zero-order valence-electron chi connectivity index (χ0n) is 10.5. The molecule has 94 valence electrons. The van der Waals surface area contributed by atoms with Crippen molar-refractivity contribution >= 4 is 38.8 Å². The highest BCUT2D eigenvalue weighted by atomic mass is 79.9. The van der Waals surface area contributed by atoms with Gasteiger partial charge in [0.25, 0.3) is 0 Å².